The Balaban J connectivity index is 2.06. The molecule has 1 aromatic carbocycles. The van der Waals surface area contributed by atoms with Crippen molar-refractivity contribution in [1.82, 2.24) is 4.90 Å². The van der Waals surface area contributed by atoms with Gasteiger partial charge in [0.25, 0.3) is 0 Å². The molecule has 0 radical (unpaired) electrons. The second-order valence-corrected chi connectivity index (χ2v) is 6.32. The predicted octanol–water partition coefficient (Wildman–Crippen LogP) is 3.27. The van der Waals surface area contributed by atoms with Gasteiger partial charge in [0.1, 0.15) is 0 Å². The molecule has 1 aliphatic rings. The number of nitrogens with two attached hydrogens (primary N) is 1. The van der Waals surface area contributed by atoms with Crippen molar-refractivity contribution in [2.45, 2.75) is 40.8 Å². The third-order valence-corrected chi connectivity index (χ3v) is 4.21. The summed E-state index contributed by atoms with van der Waals surface area (Å²) in [6.45, 7) is 12.6. The van der Waals surface area contributed by atoms with Crippen molar-refractivity contribution in [3.63, 3.8) is 0 Å². The summed E-state index contributed by atoms with van der Waals surface area (Å²) in [5, 5.41) is 0. The van der Waals surface area contributed by atoms with Crippen LogP contribution in [0.2, 0.25) is 0 Å². The molecular formula is C15H24N2. The largest absolute Gasteiger partial charge is 0.399 e. The molecular weight excluding hydrogens is 208 g/mol. The summed E-state index contributed by atoms with van der Waals surface area (Å²) < 4.78 is 0. The molecule has 1 heterocycles. The molecule has 1 aromatic rings. The van der Waals surface area contributed by atoms with Gasteiger partial charge in [-0.05, 0) is 34.6 Å². The summed E-state index contributed by atoms with van der Waals surface area (Å²) in [5.41, 5.74) is 9.94. The molecule has 2 rings (SSSR count). The van der Waals surface area contributed by atoms with Crippen LogP contribution in [0, 0.1) is 11.3 Å². The Bertz CT molecular complexity index is 407. The number of hydrogen-bond donors (Lipinski definition) is 1. The van der Waals surface area contributed by atoms with Gasteiger partial charge in [0.2, 0.25) is 0 Å². The summed E-state index contributed by atoms with van der Waals surface area (Å²) in [6, 6.07) is 6.31. The number of nitrogens with zero attached hydrogens (tertiary/aromatic N) is 1. The second-order valence-electron chi connectivity index (χ2n) is 6.32. The van der Waals surface area contributed by atoms with Gasteiger partial charge >= 0.3 is 0 Å². The lowest BCUT2D eigenvalue weighted by Gasteiger charge is -2.33. The van der Waals surface area contributed by atoms with Gasteiger partial charge in [0.05, 0.1) is 0 Å². The first-order valence-electron chi connectivity index (χ1n) is 6.48. The van der Waals surface area contributed by atoms with E-state index in [-0.39, 0.29) is 0 Å². The number of nitrogen functional groups attached to an aromatic ring is 1. The Hall–Kier alpha value is -1.02. The minimum Gasteiger partial charge on any atom is -0.399 e. The van der Waals surface area contributed by atoms with Crippen LogP contribution < -0.4 is 5.73 Å². The van der Waals surface area contributed by atoms with Gasteiger partial charge < -0.3 is 5.73 Å². The van der Waals surface area contributed by atoms with Crippen LogP contribution in [0.4, 0.5) is 5.69 Å². The van der Waals surface area contributed by atoms with E-state index in [2.05, 4.69) is 44.7 Å². The van der Waals surface area contributed by atoms with Crippen LogP contribution in [0.25, 0.3) is 0 Å². The Labute approximate surface area is 105 Å². The number of anilines is 1. The van der Waals surface area contributed by atoms with Crippen molar-refractivity contribution < 1.29 is 0 Å². The van der Waals surface area contributed by atoms with Gasteiger partial charge in [0.15, 0.2) is 0 Å². The van der Waals surface area contributed by atoms with Gasteiger partial charge in [-0.2, -0.15) is 0 Å². The van der Waals surface area contributed by atoms with Crippen LogP contribution in [0.5, 0.6) is 0 Å². The van der Waals surface area contributed by atoms with Crippen LogP contribution in [0.3, 0.4) is 0 Å². The smallest absolute Gasteiger partial charge is 0.0317 e. The Kier molecular flexibility index (Phi) is 3.17. The summed E-state index contributed by atoms with van der Waals surface area (Å²) in [4.78, 5) is 2.53. The van der Waals surface area contributed by atoms with Gasteiger partial charge in [-0.25, -0.2) is 0 Å². The van der Waals surface area contributed by atoms with E-state index in [1.807, 2.05) is 6.07 Å². The van der Waals surface area contributed by atoms with Crippen molar-refractivity contribution in [1.29, 1.82) is 0 Å². The van der Waals surface area contributed by atoms with Crippen LogP contribution in [-0.2, 0) is 13.1 Å². The molecule has 0 unspecified atom stereocenters. The fourth-order valence-electron chi connectivity index (χ4n) is 2.36. The van der Waals surface area contributed by atoms with Gasteiger partial charge in [-0.15, -0.1) is 0 Å². The first-order chi connectivity index (χ1) is 7.88. The number of benzene rings is 1. The average Bonchev–Trinajstić information content (AvgIpc) is 2.57. The predicted molar refractivity (Wildman–Crippen MR) is 73.6 cm³/mol. The molecule has 0 saturated carbocycles. The molecule has 0 amide bonds. The zero-order chi connectivity index (χ0) is 12.6. The van der Waals surface area contributed by atoms with E-state index in [9.17, 15) is 0 Å². The Morgan fingerprint density at radius 2 is 1.88 bits per heavy atom. The zero-order valence-electron chi connectivity index (χ0n) is 11.5. The summed E-state index contributed by atoms with van der Waals surface area (Å²) in [5.74, 6) is 0.705. The van der Waals surface area contributed by atoms with Gasteiger partial charge in [0, 0.05) is 25.3 Å². The molecule has 0 aromatic heterocycles. The second kappa shape index (κ2) is 4.34. The highest BCUT2D eigenvalue weighted by Gasteiger charge is 2.28. The van der Waals surface area contributed by atoms with Crippen molar-refractivity contribution in [2.75, 3.05) is 12.3 Å². The fourth-order valence-corrected chi connectivity index (χ4v) is 2.36. The van der Waals surface area contributed by atoms with Crippen LogP contribution in [-0.4, -0.2) is 11.4 Å². The van der Waals surface area contributed by atoms with E-state index in [0.717, 1.165) is 25.3 Å². The van der Waals surface area contributed by atoms with E-state index in [4.69, 9.17) is 5.73 Å². The highest BCUT2D eigenvalue weighted by molar-refractivity contribution is 5.46. The van der Waals surface area contributed by atoms with Crippen molar-refractivity contribution in [2.24, 2.45) is 11.3 Å². The molecule has 0 fully saturated rings. The van der Waals surface area contributed by atoms with Crippen LogP contribution in [0.1, 0.15) is 38.8 Å². The van der Waals surface area contributed by atoms with E-state index in [0.29, 0.717) is 11.3 Å². The highest BCUT2D eigenvalue weighted by atomic mass is 15.1. The lowest BCUT2D eigenvalue weighted by Crippen LogP contribution is -2.34. The topological polar surface area (TPSA) is 29.3 Å². The van der Waals surface area contributed by atoms with Crippen molar-refractivity contribution >= 4 is 5.69 Å². The molecule has 0 atom stereocenters. The van der Waals surface area contributed by atoms with E-state index >= 15 is 0 Å². The third kappa shape index (κ3) is 2.63. The number of hydrogen-bond acceptors (Lipinski definition) is 2. The van der Waals surface area contributed by atoms with Crippen molar-refractivity contribution in [3.8, 4) is 0 Å². The zero-order valence-corrected chi connectivity index (χ0v) is 11.5. The quantitative estimate of drug-likeness (QED) is 0.810. The fraction of sp³-hybridized carbons (Fsp3) is 0.600. The van der Waals surface area contributed by atoms with Crippen molar-refractivity contribution in [3.05, 3.63) is 29.3 Å². The van der Waals surface area contributed by atoms with E-state index < -0.39 is 0 Å². The minimum absolute atomic E-state index is 0.369. The Morgan fingerprint density at radius 3 is 2.53 bits per heavy atom. The lowest BCUT2D eigenvalue weighted by atomic mass is 9.81. The Morgan fingerprint density at radius 1 is 1.24 bits per heavy atom. The SMILES string of the molecule is CC(C)C(C)(C)CN1Cc2ccc(N)cc2C1. The summed E-state index contributed by atoms with van der Waals surface area (Å²) >= 11 is 0. The van der Waals surface area contributed by atoms with Crippen LogP contribution >= 0.6 is 0 Å². The number of rotatable bonds is 3. The normalized spacial score (nSPS) is 16.5. The maximum absolute atomic E-state index is 5.83. The highest BCUT2D eigenvalue weighted by Crippen LogP contribution is 2.32. The molecule has 94 valence electrons. The molecule has 0 aliphatic carbocycles. The summed E-state index contributed by atoms with van der Waals surface area (Å²) in [7, 11) is 0. The molecule has 17 heavy (non-hydrogen) atoms. The number of fused-ring (bicyclic) bond motifs is 1. The monoisotopic (exact) mass is 232 g/mol. The molecule has 2 heteroatoms. The maximum atomic E-state index is 5.83. The first-order valence-corrected chi connectivity index (χ1v) is 6.48. The molecule has 1 aliphatic heterocycles. The van der Waals surface area contributed by atoms with Gasteiger partial charge in [-0.1, -0.05) is 33.8 Å². The lowest BCUT2D eigenvalue weighted by molar-refractivity contribution is 0.134. The minimum atomic E-state index is 0.369. The maximum Gasteiger partial charge on any atom is 0.0317 e. The molecule has 0 bridgehead atoms. The standard InChI is InChI=1S/C15H24N2/c1-11(2)15(3,4)10-17-8-12-5-6-14(16)7-13(12)9-17/h5-7,11H,8-10,16H2,1-4H3. The average molecular weight is 232 g/mol. The molecule has 2 N–H and O–H groups in total. The molecule has 0 spiro atoms. The van der Waals surface area contributed by atoms with Gasteiger partial charge in [-0.3, -0.25) is 4.90 Å². The molecule has 2 nitrogen and oxygen atoms in total. The summed E-state index contributed by atoms with van der Waals surface area (Å²) in [6.07, 6.45) is 0. The van der Waals surface area contributed by atoms with Crippen LogP contribution in [0.15, 0.2) is 18.2 Å². The third-order valence-electron chi connectivity index (χ3n) is 4.21. The molecule has 0 saturated heterocycles. The van der Waals surface area contributed by atoms with E-state index in [1.54, 1.807) is 0 Å². The first kappa shape index (κ1) is 12.4. The van der Waals surface area contributed by atoms with E-state index in [1.165, 1.54) is 11.1 Å².